The lowest BCUT2D eigenvalue weighted by Crippen LogP contribution is -2.51. The number of aryl methyl sites for hydroxylation is 1. The van der Waals surface area contributed by atoms with Gasteiger partial charge in [-0.2, -0.15) is 10.1 Å². The molecule has 0 bridgehead atoms. The van der Waals surface area contributed by atoms with Crippen molar-refractivity contribution in [3.05, 3.63) is 53.5 Å². The first-order valence-electron chi connectivity index (χ1n) is 12.7. The summed E-state index contributed by atoms with van der Waals surface area (Å²) in [4.78, 5) is 31.3. The number of piperidine rings is 1. The minimum atomic E-state index is -0.974. The third kappa shape index (κ3) is 6.82. The number of aliphatic hydroxyl groups is 1. The molecular weight excluding hydrogens is 486 g/mol. The minimum absolute atomic E-state index is 0.0772. The van der Waals surface area contributed by atoms with Crippen LogP contribution in [0.25, 0.3) is 0 Å². The fraction of sp³-hybridized carbons (Fsp3) is 0.462. The van der Waals surface area contributed by atoms with Gasteiger partial charge >= 0.3 is 0 Å². The average Bonchev–Trinajstić information content (AvgIpc) is 3.30. The summed E-state index contributed by atoms with van der Waals surface area (Å²) in [6, 6.07) is 6.87. The Morgan fingerprint density at radius 3 is 2.39 bits per heavy atom. The number of nitrogens with zero attached hydrogens (tertiary/aromatic N) is 6. The Morgan fingerprint density at radius 1 is 1.13 bits per heavy atom. The molecule has 4 rings (SSSR count). The molecule has 0 radical (unpaired) electrons. The molecule has 38 heavy (non-hydrogen) atoms. The molecule has 0 aliphatic carbocycles. The molecule has 1 saturated heterocycles. The average molecular weight is 524 g/mol. The van der Waals surface area contributed by atoms with Crippen LogP contribution in [0.2, 0.25) is 0 Å². The summed E-state index contributed by atoms with van der Waals surface area (Å²) in [7, 11) is 1.77. The van der Waals surface area contributed by atoms with Crippen LogP contribution in [0.1, 0.15) is 73.9 Å². The van der Waals surface area contributed by atoms with Gasteiger partial charge in [0.15, 0.2) is 11.5 Å². The minimum Gasteiger partial charge on any atom is -0.386 e. The lowest BCUT2D eigenvalue weighted by atomic mass is 9.96. The van der Waals surface area contributed by atoms with Crippen molar-refractivity contribution in [3.8, 4) is 0 Å². The molecular formula is C26H37N9O3. The first-order valence-corrected chi connectivity index (χ1v) is 12.7. The third-order valence-electron chi connectivity index (χ3n) is 6.20. The molecule has 3 heterocycles. The van der Waals surface area contributed by atoms with E-state index in [4.69, 9.17) is 5.73 Å². The van der Waals surface area contributed by atoms with E-state index in [0.29, 0.717) is 23.7 Å². The number of anilines is 3. The van der Waals surface area contributed by atoms with Gasteiger partial charge in [-0.1, -0.05) is 26.0 Å². The van der Waals surface area contributed by atoms with Gasteiger partial charge in [-0.3, -0.25) is 14.3 Å². The maximum Gasteiger partial charge on any atom is 0.273 e. The lowest BCUT2D eigenvalue weighted by Gasteiger charge is -2.38. The van der Waals surface area contributed by atoms with Crippen molar-refractivity contribution in [2.45, 2.75) is 65.1 Å². The largest absolute Gasteiger partial charge is 0.386 e. The zero-order valence-corrected chi connectivity index (χ0v) is 22.8. The topological polar surface area (TPSA) is 164 Å². The van der Waals surface area contributed by atoms with E-state index in [1.54, 1.807) is 62.2 Å². The van der Waals surface area contributed by atoms with Crippen LogP contribution in [0.3, 0.4) is 0 Å². The van der Waals surface area contributed by atoms with Crippen LogP contribution in [0.15, 0.2) is 36.7 Å². The highest BCUT2D eigenvalue weighted by Gasteiger charge is 2.30. The number of nitrogens with two attached hydrogens (primary N) is 1. The molecule has 0 saturated carbocycles. The van der Waals surface area contributed by atoms with Crippen LogP contribution in [-0.4, -0.2) is 60.5 Å². The van der Waals surface area contributed by atoms with E-state index in [9.17, 15) is 14.7 Å². The summed E-state index contributed by atoms with van der Waals surface area (Å²) in [5.41, 5.74) is 6.30. The fourth-order valence-electron chi connectivity index (χ4n) is 4.12. The molecule has 12 heteroatoms. The molecule has 1 aromatic carbocycles. The first kappa shape index (κ1) is 28.5. The van der Waals surface area contributed by atoms with Gasteiger partial charge in [0.05, 0.1) is 17.5 Å². The monoisotopic (exact) mass is 523 g/mol. The van der Waals surface area contributed by atoms with Crippen molar-refractivity contribution in [2.75, 3.05) is 16.8 Å². The van der Waals surface area contributed by atoms with Crippen molar-refractivity contribution in [1.29, 1.82) is 0 Å². The second kappa shape index (κ2) is 12.0. The summed E-state index contributed by atoms with van der Waals surface area (Å²) in [5, 5.41) is 28.5. The van der Waals surface area contributed by atoms with Crippen LogP contribution >= 0.6 is 0 Å². The summed E-state index contributed by atoms with van der Waals surface area (Å²) >= 11 is 0. The summed E-state index contributed by atoms with van der Waals surface area (Å²) in [6.45, 7) is 9.92. The van der Waals surface area contributed by atoms with Crippen LogP contribution < -0.4 is 21.3 Å². The highest BCUT2D eigenvalue weighted by Crippen LogP contribution is 2.25. The molecule has 1 aliphatic heterocycles. The number of nitrogens with one attached hydrogen (secondary N) is 2. The number of carbonyl (C=O) groups excluding carboxylic acids is 2. The number of hydrogen-bond donors (Lipinski definition) is 4. The molecule has 0 unspecified atom stereocenters. The van der Waals surface area contributed by atoms with E-state index in [2.05, 4.69) is 30.9 Å². The summed E-state index contributed by atoms with van der Waals surface area (Å²) in [6.07, 6.45) is 4.92. The smallest absolute Gasteiger partial charge is 0.273 e. The molecule has 0 spiro atoms. The maximum absolute atomic E-state index is 12.9. The fourth-order valence-corrected chi connectivity index (χ4v) is 4.12. The summed E-state index contributed by atoms with van der Waals surface area (Å²) in [5.74, 6) is -0.433. The van der Waals surface area contributed by atoms with Gasteiger partial charge in [0, 0.05) is 37.4 Å². The number of benzene rings is 1. The van der Waals surface area contributed by atoms with Crippen molar-refractivity contribution in [1.82, 2.24) is 30.3 Å². The Kier molecular flexibility index (Phi) is 9.00. The maximum atomic E-state index is 12.9. The summed E-state index contributed by atoms with van der Waals surface area (Å²) < 4.78 is 1.61. The molecule has 5 N–H and O–H groups in total. The number of primary amides is 1. The predicted molar refractivity (Wildman–Crippen MR) is 145 cm³/mol. The van der Waals surface area contributed by atoms with Gasteiger partial charge in [0.25, 0.3) is 11.8 Å². The number of aromatic nitrogens is 5. The number of rotatable bonds is 7. The van der Waals surface area contributed by atoms with Gasteiger partial charge in [-0.25, -0.2) is 0 Å². The normalized spacial score (nSPS) is 17.3. The van der Waals surface area contributed by atoms with Crippen molar-refractivity contribution in [3.63, 3.8) is 0 Å². The molecule has 2 atom stereocenters. The number of amides is 2. The Bertz CT molecular complexity index is 1250. The highest BCUT2D eigenvalue weighted by molar-refractivity contribution is 5.96. The standard InChI is InChI=1S/C24H31N9O3.C2H6/c1-14-5-10-17(28-22(35)15-6-8-16(9-7-15)24(2,3)36)13-33(14)23-29-21(19(20(25)34)30-31-23)27-18-11-26-32(4)12-18;1-2/h6-9,11-12,14,17,36H,5,10,13H2,1-4H3,(H2,25,34)(H,28,35)(H,27,29,31);1-2H3/t14-,17+;/m0./s1. The molecule has 12 nitrogen and oxygen atoms in total. The molecule has 2 amide bonds. The van der Waals surface area contributed by atoms with E-state index in [0.717, 1.165) is 18.4 Å². The number of hydrogen-bond acceptors (Lipinski definition) is 9. The SMILES string of the molecule is CC.C[C@H]1CC[C@@H](NC(=O)c2ccc(C(C)(C)O)cc2)CN1c1nnc(C(N)=O)c(Nc2cnn(C)c2)n1. The van der Waals surface area contributed by atoms with Crippen molar-refractivity contribution in [2.24, 2.45) is 12.8 Å². The van der Waals surface area contributed by atoms with E-state index in [1.165, 1.54) is 0 Å². The molecule has 2 aromatic heterocycles. The Morgan fingerprint density at radius 2 is 1.82 bits per heavy atom. The zero-order valence-electron chi connectivity index (χ0n) is 22.8. The quantitative estimate of drug-likeness (QED) is 0.364. The molecule has 3 aromatic rings. The van der Waals surface area contributed by atoms with E-state index >= 15 is 0 Å². The second-order valence-electron chi connectivity index (χ2n) is 9.59. The zero-order chi connectivity index (χ0) is 28.0. The van der Waals surface area contributed by atoms with Gasteiger partial charge < -0.3 is 26.4 Å². The first-order chi connectivity index (χ1) is 18.0. The molecule has 204 valence electrons. The van der Waals surface area contributed by atoms with Crippen LogP contribution in [0.5, 0.6) is 0 Å². The predicted octanol–water partition coefficient (Wildman–Crippen LogP) is 2.49. The second-order valence-corrected chi connectivity index (χ2v) is 9.59. The lowest BCUT2D eigenvalue weighted by molar-refractivity contribution is 0.0783. The third-order valence-corrected chi connectivity index (χ3v) is 6.20. The van der Waals surface area contributed by atoms with Crippen molar-refractivity contribution < 1.29 is 14.7 Å². The Balaban J connectivity index is 0.00000195. The molecule has 1 fully saturated rings. The Hall–Kier alpha value is -4.06. The van der Waals surface area contributed by atoms with Gasteiger partial charge in [0.1, 0.15) is 0 Å². The van der Waals surface area contributed by atoms with Crippen molar-refractivity contribution >= 4 is 29.3 Å². The van der Waals surface area contributed by atoms with Crippen LogP contribution in [-0.2, 0) is 12.6 Å². The highest BCUT2D eigenvalue weighted by atomic mass is 16.3. The van der Waals surface area contributed by atoms with E-state index in [1.807, 2.05) is 25.7 Å². The Labute approximate surface area is 222 Å². The van der Waals surface area contributed by atoms with Crippen LogP contribution in [0.4, 0.5) is 17.5 Å². The molecule has 1 aliphatic rings. The number of carbonyl (C=O) groups is 2. The van der Waals surface area contributed by atoms with Gasteiger partial charge in [-0.15, -0.1) is 10.2 Å². The van der Waals surface area contributed by atoms with E-state index < -0.39 is 11.5 Å². The van der Waals surface area contributed by atoms with Gasteiger partial charge in [-0.05, 0) is 51.3 Å². The van der Waals surface area contributed by atoms with Crippen LogP contribution in [0, 0.1) is 0 Å². The van der Waals surface area contributed by atoms with E-state index in [-0.39, 0.29) is 29.5 Å². The van der Waals surface area contributed by atoms with Gasteiger partial charge in [0.2, 0.25) is 5.95 Å².